The lowest BCUT2D eigenvalue weighted by Gasteiger charge is -2.15. The summed E-state index contributed by atoms with van der Waals surface area (Å²) in [6, 6.07) is 20.3. The first-order valence-corrected chi connectivity index (χ1v) is 16.0. The largest absolute Gasteiger partial charge is 0.490 e. The van der Waals surface area contributed by atoms with E-state index in [1.807, 2.05) is 55.6 Å². The third-order valence-electron chi connectivity index (χ3n) is 8.11. The van der Waals surface area contributed by atoms with E-state index in [1.54, 1.807) is 12.4 Å². The van der Waals surface area contributed by atoms with Gasteiger partial charge in [-0.1, -0.05) is 74.9 Å². The van der Waals surface area contributed by atoms with Gasteiger partial charge in [-0.2, -0.15) is 0 Å². The summed E-state index contributed by atoms with van der Waals surface area (Å²) in [5.74, 6) is 1.95. The Kier molecular flexibility index (Phi) is 9.81. The van der Waals surface area contributed by atoms with Crippen molar-refractivity contribution in [2.24, 2.45) is 0 Å². The number of unbranched alkanes of at least 4 members (excludes halogenated alkanes) is 1. The average Bonchev–Trinajstić information content (AvgIpc) is 3.65. The molecule has 0 saturated carbocycles. The Balaban J connectivity index is 1.22. The predicted molar refractivity (Wildman–Crippen MR) is 179 cm³/mol. The maximum Gasteiger partial charge on any atom is 0.264 e. The van der Waals surface area contributed by atoms with E-state index in [4.69, 9.17) is 9.72 Å². The number of H-pyrrole nitrogens is 1. The molecule has 0 saturated heterocycles. The molecule has 0 aliphatic carbocycles. The molecule has 0 amide bonds. The van der Waals surface area contributed by atoms with Gasteiger partial charge in [0, 0.05) is 35.9 Å². The summed E-state index contributed by atoms with van der Waals surface area (Å²) in [6.45, 7) is 6.51. The van der Waals surface area contributed by atoms with Crippen LogP contribution in [-0.2, 0) is 25.7 Å². The maximum atomic E-state index is 14.1. The Labute approximate surface area is 273 Å². The number of rotatable bonds is 13. The zero-order valence-electron chi connectivity index (χ0n) is 26.8. The number of pyridine rings is 1. The van der Waals surface area contributed by atoms with Crippen LogP contribution in [0.2, 0.25) is 0 Å². The third kappa shape index (κ3) is 7.30. The summed E-state index contributed by atoms with van der Waals surface area (Å²) in [5, 5.41) is 14.4. The molecule has 0 spiro atoms. The van der Waals surface area contributed by atoms with Crippen LogP contribution >= 0.6 is 0 Å². The number of aromatic nitrogens is 9. The Morgan fingerprint density at radius 1 is 0.851 bits per heavy atom. The van der Waals surface area contributed by atoms with E-state index in [0.717, 1.165) is 59.3 Å². The van der Waals surface area contributed by atoms with Crippen molar-refractivity contribution in [1.29, 1.82) is 0 Å². The van der Waals surface area contributed by atoms with Crippen molar-refractivity contribution in [3.05, 3.63) is 124 Å². The number of nitrogens with one attached hydrogen (secondary N) is 1. The number of aryl methyl sites for hydroxylation is 3. The van der Waals surface area contributed by atoms with Crippen LogP contribution < -0.4 is 10.3 Å². The number of hydrogen-bond acceptors (Lipinski definition) is 9. The van der Waals surface area contributed by atoms with Crippen molar-refractivity contribution in [3.63, 3.8) is 0 Å². The van der Waals surface area contributed by atoms with E-state index < -0.39 is 0 Å². The lowest BCUT2D eigenvalue weighted by Crippen LogP contribution is -2.29. The van der Waals surface area contributed by atoms with Crippen molar-refractivity contribution in [2.75, 3.05) is 6.61 Å². The monoisotopic (exact) mass is 627 g/mol. The minimum absolute atomic E-state index is 0.161. The molecule has 0 atom stereocenters. The van der Waals surface area contributed by atoms with Crippen LogP contribution in [0.3, 0.4) is 0 Å². The molecule has 2 aromatic carbocycles. The summed E-state index contributed by atoms with van der Waals surface area (Å²) in [7, 11) is 0. The molecule has 11 nitrogen and oxygen atoms in total. The molecule has 0 fully saturated rings. The van der Waals surface area contributed by atoms with Gasteiger partial charge in [0.2, 0.25) is 5.95 Å². The van der Waals surface area contributed by atoms with Crippen molar-refractivity contribution in [1.82, 2.24) is 45.1 Å². The second-order valence-corrected chi connectivity index (χ2v) is 11.3. The molecule has 11 heteroatoms. The van der Waals surface area contributed by atoms with Crippen LogP contribution in [0.15, 0.2) is 84.0 Å². The molecule has 0 aliphatic rings. The fourth-order valence-corrected chi connectivity index (χ4v) is 5.49. The first-order chi connectivity index (χ1) is 23.0. The number of ether oxygens (including phenoxy) is 1. The van der Waals surface area contributed by atoms with Gasteiger partial charge in [0.15, 0.2) is 11.6 Å². The SMILES string of the molecule is CCCCc1nc(C)n(-c2ncc(OCCc3ccc(CC)cn3)cn2)c(=O)c1Cc1ccc(-c2ccccc2-c2nnn[nH]2)cc1. The number of aromatic amines is 1. The van der Waals surface area contributed by atoms with E-state index in [2.05, 4.69) is 67.6 Å². The van der Waals surface area contributed by atoms with Gasteiger partial charge in [-0.3, -0.25) is 9.78 Å². The Morgan fingerprint density at radius 3 is 2.30 bits per heavy atom. The van der Waals surface area contributed by atoms with Crippen LogP contribution in [0.1, 0.15) is 60.6 Å². The van der Waals surface area contributed by atoms with Gasteiger partial charge in [0.1, 0.15) is 5.82 Å². The molecule has 238 valence electrons. The fraction of sp³-hybridized carbons (Fsp3) is 0.278. The van der Waals surface area contributed by atoms with Crippen LogP contribution in [0.5, 0.6) is 5.75 Å². The molecule has 4 aromatic heterocycles. The van der Waals surface area contributed by atoms with E-state index >= 15 is 0 Å². The van der Waals surface area contributed by atoms with E-state index in [0.29, 0.717) is 42.4 Å². The smallest absolute Gasteiger partial charge is 0.264 e. The van der Waals surface area contributed by atoms with Gasteiger partial charge >= 0.3 is 0 Å². The standard InChI is InChI=1S/C36H37N9O2/c1-4-6-11-33-32(20-26-12-15-27(16-13-26)30-9-7-8-10-31(30)34-41-43-44-42-34)35(46)45(24(3)40-33)36-38-22-29(23-39-36)47-19-18-28-17-14-25(5-2)21-37-28/h7-10,12-17,21-23H,4-6,11,18-20H2,1-3H3,(H,41,42,43,44). The Hall–Kier alpha value is -5.58. The molecular weight excluding hydrogens is 590 g/mol. The molecule has 4 heterocycles. The van der Waals surface area contributed by atoms with Gasteiger partial charge in [0.25, 0.3) is 5.56 Å². The summed E-state index contributed by atoms with van der Waals surface area (Å²) in [4.78, 5) is 32.4. The number of benzene rings is 2. The molecule has 47 heavy (non-hydrogen) atoms. The summed E-state index contributed by atoms with van der Waals surface area (Å²) in [6.07, 6.45) is 9.83. The highest BCUT2D eigenvalue weighted by atomic mass is 16.5. The van der Waals surface area contributed by atoms with E-state index in [-0.39, 0.29) is 11.5 Å². The Morgan fingerprint density at radius 2 is 1.62 bits per heavy atom. The molecule has 6 aromatic rings. The first-order valence-electron chi connectivity index (χ1n) is 16.0. The highest BCUT2D eigenvalue weighted by molar-refractivity contribution is 5.80. The highest BCUT2D eigenvalue weighted by Crippen LogP contribution is 2.30. The third-order valence-corrected chi connectivity index (χ3v) is 8.11. The van der Waals surface area contributed by atoms with Gasteiger partial charge in [-0.25, -0.2) is 24.6 Å². The Bertz CT molecular complexity index is 1970. The minimum atomic E-state index is -0.161. The zero-order valence-corrected chi connectivity index (χ0v) is 26.8. The summed E-state index contributed by atoms with van der Waals surface area (Å²) >= 11 is 0. The summed E-state index contributed by atoms with van der Waals surface area (Å²) < 4.78 is 7.36. The topological polar surface area (TPSA) is 137 Å². The molecule has 6 rings (SSSR count). The summed E-state index contributed by atoms with van der Waals surface area (Å²) in [5.41, 5.74) is 7.42. The normalized spacial score (nSPS) is 11.1. The molecule has 0 unspecified atom stereocenters. The molecule has 0 radical (unpaired) electrons. The van der Waals surface area contributed by atoms with Crippen LogP contribution in [0.25, 0.3) is 28.5 Å². The lowest BCUT2D eigenvalue weighted by atomic mass is 9.96. The van der Waals surface area contributed by atoms with Gasteiger partial charge in [-0.05, 0) is 64.9 Å². The second kappa shape index (κ2) is 14.7. The van der Waals surface area contributed by atoms with Crippen molar-refractivity contribution in [2.45, 2.75) is 59.3 Å². The molecule has 0 aliphatic heterocycles. The second-order valence-electron chi connectivity index (χ2n) is 11.3. The first kappa shape index (κ1) is 31.4. The van der Waals surface area contributed by atoms with Crippen LogP contribution in [0, 0.1) is 6.92 Å². The van der Waals surface area contributed by atoms with Gasteiger partial charge < -0.3 is 4.74 Å². The van der Waals surface area contributed by atoms with Crippen LogP contribution in [-0.4, -0.2) is 51.7 Å². The number of nitrogens with zero attached hydrogens (tertiary/aromatic N) is 8. The molecular formula is C36H37N9O2. The molecule has 0 bridgehead atoms. The highest BCUT2D eigenvalue weighted by Gasteiger charge is 2.18. The van der Waals surface area contributed by atoms with Crippen molar-refractivity contribution < 1.29 is 4.74 Å². The van der Waals surface area contributed by atoms with E-state index in [1.165, 1.54) is 10.1 Å². The van der Waals surface area contributed by atoms with Crippen LogP contribution in [0.4, 0.5) is 0 Å². The number of hydrogen-bond donors (Lipinski definition) is 1. The zero-order chi connectivity index (χ0) is 32.6. The quantitative estimate of drug-likeness (QED) is 0.171. The van der Waals surface area contributed by atoms with Crippen molar-refractivity contribution in [3.8, 4) is 34.2 Å². The molecule has 1 N–H and O–H groups in total. The predicted octanol–water partition coefficient (Wildman–Crippen LogP) is 5.69. The maximum absolute atomic E-state index is 14.1. The fourth-order valence-electron chi connectivity index (χ4n) is 5.49. The average molecular weight is 628 g/mol. The van der Waals surface area contributed by atoms with Gasteiger partial charge in [-0.15, -0.1) is 5.10 Å². The lowest BCUT2D eigenvalue weighted by molar-refractivity contribution is 0.317. The van der Waals surface area contributed by atoms with E-state index in [9.17, 15) is 4.79 Å². The van der Waals surface area contributed by atoms with Crippen molar-refractivity contribution >= 4 is 0 Å². The number of tetrazole rings is 1. The van der Waals surface area contributed by atoms with Gasteiger partial charge in [0.05, 0.1) is 24.7 Å². The minimum Gasteiger partial charge on any atom is -0.490 e.